The number of amides is 2. The molecule has 8 nitrogen and oxygen atoms in total. The fourth-order valence-electron chi connectivity index (χ4n) is 4.19. The normalized spacial score (nSPS) is 12.4. The Kier molecular flexibility index (Phi) is 8.73. The van der Waals surface area contributed by atoms with Crippen LogP contribution in [-0.2, 0) is 14.3 Å². The van der Waals surface area contributed by atoms with E-state index >= 15 is 0 Å². The number of ether oxygens (including phenoxy) is 2. The Morgan fingerprint density at radius 2 is 1.54 bits per heavy atom. The second-order valence-corrected chi connectivity index (χ2v) is 9.61. The number of hydrogen-bond acceptors (Lipinski definition) is 5. The topological polar surface area (TPSA) is 105 Å². The van der Waals surface area contributed by atoms with Gasteiger partial charge in [0.1, 0.15) is 18.8 Å². The minimum Gasteiger partial charge on any atom is -0.480 e. The van der Waals surface area contributed by atoms with E-state index in [0.717, 1.165) is 22.3 Å². The molecule has 0 unspecified atom stereocenters. The van der Waals surface area contributed by atoms with Crippen molar-refractivity contribution in [2.45, 2.75) is 51.6 Å². The number of unbranched alkanes of at least 4 members (excludes halogenated alkanes) is 2. The molecule has 0 atom stereocenters. The molecule has 0 saturated carbocycles. The van der Waals surface area contributed by atoms with Gasteiger partial charge in [0.05, 0.1) is 0 Å². The van der Waals surface area contributed by atoms with Gasteiger partial charge in [-0.15, -0.1) is 0 Å². The second kappa shape index (κ2) is 11.7. The molecule has 8 heteroatoms. The summed E-state index contributed by atoms with van der Waals surface area (Å²) in [7, 11) is 0. The van der Waals surface area contributed by atoms with Crippen molar-refractivity contribution in [1.29, 1.82) is 0 Å². The molecular weight excluding hydrogens is 448 g/mol. The summed E-state index contributed by atoms with van der Waals surface area (Å²) in [6, 6.07) is 16.1. The van der Waals surface area contributed by atoms with E-state index in [1.54, 1.807) is 20.8 Å². The molecule has 0 aromatic heterocycles. The van der Waals surface area contributed by atoms with Crippen molar-refractivity contribution in [2.24, 2.45) is 0 Å². The molecule has 0 bridgehead atoms. The maximum absolute atomic E-state index is 12.8. The van der Waals surface area contributed by atoms with E-state index in [-0.39, 0.29) is 19.1 Å². The first-order valence-corrected chi connectivity index (χ1v) is 11.9. The van der Waals surface area contributed by atoms with Crippen molar-refractivity contribution in [2.75, 3.05) is 26.2 Å². The van der Waals surface area contributed by atoms with Gasteiger partial charge >= 0.3 is 18.2 Å². The summed E-state index contributed by atoms with van der Waals surface area (Å²) in [6.07, 6.45) is 0.880. The third-order valence-corrected chi connectivity index (χ3v) is 5.69. The number of nitrogens with zero attached hydrogens (tertiary/aromatic N) is 1. The van der Waals surface area contributed by atoms with Gasteiger partial charge < -0.3 is 19.9 Å². The predicted octanol–water partition coefficient (Wildman–Crippen LogP) is 5.02. The highest BCUT2D eigenvalue weighted by Crippen LogP contribution is 2.44. The smallest absolute Gasteiger partial charge is 0.410 e. The molecule has 0 fully saturated rings. The highest BCUT2D eigenvalue weighted by molar-refractivity contribution is 5.79. The Morgan fingerprint density at radius 1 is 0.943 bits per heavy atom. The lowest BCUT2D eigenvalue weighted by Crippen LogP contribution is -2.37. The number of carboxylic acids is 1. The third-order valence-electron chi connectivity index (χ3n) is 5.69. The van der Waals surface area contributed by atoms with Crippen LogP contribution in [0.2, 0.25) is 0 Å². The van der Waals surface area contributed by atoms with Crippen LogP contribution in [0.5, 0.6) is 0 Å². The van der Waals surface area contributed by atoms with Crippen molar-refractivity contribution in [3.63, 3.8) is 0 Å². The summed E-state index contributed by atoms with van der Waals surface area (Å²) in [5.41, 5.74) is 3.91. The van der Waals surface area contributed by atoms with Crippen molar-refractivity contribution in [3.8, 4) is 11.1 Å². The van der Waals surface area contributed by atoms with Crippen LogP contribution in [0, 0.1) is 0 Å². The van der Waals surface area contributed by atoms with Gasteiger partial charge in [0, 0.05) is 19.0 Å². The Bertz CT molecular complexity index is 1000. The van der Waals surface area contributed by atoms with Gasteiger partial charge in [-0.25, -0.2) is 9.59 Å². The number of nitrogens with one attached hydrogen (secondary N) is 1. The number of rotatable bonds is 10. The number of aliphatic carboxylic acids is 1. The van der Waals surface area contributed by atoms with Crippen molar-refractivity contribution in [3.05, 3.63) is 59.7 Å². The first-order valence-electron chi connectivity index (χ1n) is 11.9. The Morgan fingerprint density at radius 3 is 2.11 bits per heavy atom. The lowest BCUT2D eigenvalue weighted by Gasteiger charge is -2.22. The molecule has 1 aliphatic rings. The summed E-state index contributed by atoms with van der Waals surface area (Å²) in [5, 5.41) is 11.9. The number of hydrogen-bond donors (Lipinski definition) is 2. The fourth-order valence-corrected chi connectivity index (χ4v) is 4.19. The standard InChI is InChI=1S/C27H34N2O6/c1-27(2,3)35-25(32)28-15-9-4-10-16-29(17-24(30)31)26(33)34-18-23-21-13-7-5-11-19(21)20-12-6-8-14-22(20)23/h5-8,11-14,23H,4,9-10,15-18H2,1-3H3,(H,28,32)(H,30,31). The zero-order valence-corrected chi connectivity index (χ0v) is 20.6. The molecule has 0 aliphatic heterocycles. The zero-order valence-electron chi connectivity index (χ0n) is 20.6. The molecule has 1 aliphatic carbocycles. The number of carboxylic acid groups (broad SMARTS) is 1. The van der Waals surface area contributed by atoms with Gasteiger partial charge in [-0.2, -0.15) is 0 Å². The number of alkyl carbamates (subject to hydrolysis) is 1. The summed E-state index contributed by atoms with van der Waals surface area (Å²) < 4.78 is 10.8. The minimum absolute atomic E-state index is 0.0862. The van der Waals surface area contributed by atoms with Crippen LogP contribution in [0.3, 0.4) is 0 Å². The van der Waals surface area contributed by atoms with Gasteiger partial charge in [0.25, 0.3) is 0 Å². The molecule has 2 N–H and O–H groups in total. The van der Waals surface area contributed by atoms with Crippen LogP contribution in [-0.4, -0.2) is 60.0 Å². The lowest BCUT2D eigenvalue weighted by atomic mass is 9.98. The maximum Gasteiger partial charge on any atom is 0.410 e. The molecular formula is C27H34N2O6. The molecule has 2 aromatic rings. The van der Waals surface area contributed by atoms with Crippen LogP contribution >= 0.6 is 0 Å². The summed E-state index contributed by atoms with van der Waals surface area (Å²) >= 11 is 0. The highest BCUT2D eigenvalue weighted by Gasteiger charge is 2.30. The highest BCUT2D eigenvalue weighted by atomic mass is 16.6. The Balaban J connectivity index is 1.49. The van der Waals surface area contributed by atoms with Crippen molar-refractivity contribution in [1.82, 2.24) is 10.2 Å². The predicted molar refractivity (Wildman–Crippen MR) is 132 cm³/mol. The van der Waals surface area contributed by atoms with Crippen LogP contribution in [0.15, 0.2) is 48.5 Å². The van der Waals surface area contributed by atoms with Crippen LogP contribution in [0.1, 0.15) is 57.1 Å². The average molecular weight is 483 g/mol. The van der Waals surface area contributed by atoms with E-state index in [4.69, 9.17) is 9.47 Å². The molecule has 3 rings (SSSR count). The third kappa shape index (κ3) is 7.47. The van der Waals surface area contributed by atoms with E-state index < -0.39 is 30.3 Å². The van der Waals surface area contributed by atoms with E-state index in [1.165, 1.54) is 4.90 Å². The Hall–Kier alpha value is -3.55. The van der Waals surface area contributed by atoms with Crippen LogP contribution < -0.4 is 5.32 Å². The molecule has 0 radical (unpaired) electrons. The van der Waals surface area contributed by atoms with Crippen LogP contribution in [0.25, 0.3) is 11.1 Å². The molecule has 2 aromatic carbocycles. The molecule has 35 heavy (non-hydrogen) atoms. The minimum atomic E-state index is -1.09. The monoisotopic (exact) mass is 482 g/mol. The van der Waals surface area contributed by atoms with E-state index in [2.05, 4.69) is 17.4 Å². The number of carbonyl (C=O) groups is 3. The second-order valence-electron chi connectivity index (χ2n) is 9.61. The molecule has 0 spiro atoms. The van der Waals surface area contributed by atoms with Gasteiger partial charge in [-0.3, -0.25) is 9.69 Å². The molecule has 2 amide bonds. The van der Waals surface area contributed by atoms with E-state index in [0.29, 0.717) is 25.8 Å². The van der Waals surface area contributed by atoms with Crippen molar-refractivity contribution >= 4 is 18.2 Å². The van der Waals surface area contributed by atoms with E-state index in [9.17, 15) is 19.5 Å². The van der Waals surface area contributed by atoms with Gasteiger partial charge in [-0.05, 0) is 62.3 Å². The van der Waals surface area contributed by atoms with Gasteiger partial charge in [0.15, 0.2) is 0 Å². The first-order chi connectivity index (χ1) is 16.7. The average Bonchev–Trinajstić information content (AvgIpc) is 3.11. The summed E-state index contributed by atoms with van der Waals surface area (Å²) in [4.78, 5) is 37.0. The summed E-state index contributed by atoms with van der Waals surface area (Å²) in [6.45, 7) is 5.82. The van der Waals surface area contributed by atoms with Crippen LogP contribution in [0.4, 0.5) is 9.59 Å². The number of fused-ring (bicyclic) bond motifs is 3. The molecule has 0 heterocycles. The largest absolute Gasteiger partial charge is 0.480 e. The maximum atomic E-state index is 12.8. The number of carbonyl (C=O) groups excluding carboxylic acids is 2. The quantitative estimate of drug-likeness (QED) is 0.461. The molecule has 188 valence electrons. The first kappa shape index (κ1) is 26.1. The fraction of sp³-hybridized carbons (Fsp3) is 0.444. The molecule has 0 saturated heterocycles. The zero-order chi connectivity index (χ0) is 25.4. The summed E-state index contributed by atoms with van der Waals surface area (Å²) in [5.74, 6) is -1.18. The van der Waals surface area contributed by atoms with Gasteiger partial charge in [0.2, 0.25) is 0 Å². The Labute approximate surface area is 206 Å². The van der Waals surface area contributed by atoms with Gasteiger partial charge in [-0.1, -0.05) is 48.5 Å². The van der Waals surface area contributed by atoms with E-state index in [1.807, 2.05) is 36.4 Å². The SMILES string of the molecule is CC(C)(C)OC(=O)NCCCCCN(CC(=O)O)C(=O)OCC1c2ccccc2-c2ccccc21. The van der Waals surface area contributed by atoms with Crippen molar-refractivity contribution < 1.29 is 29.0 Å². The lowest BCUT2D eigenvalue weighted by molar-refractivity contribution is -0.138. The number of benzene rings is 2.